The van der Waals surface area contributed by atoms with E-state index in [2.05, 4.69) is 0 Å². The number of aliphatic carboxylic acids is 1. The van der Waals surface area contributed by atoms with Crippen LogP contribution < -0.4 is 0 Å². The number of carboxylic acid groups (broad SMARTS) is 1. The molecule has 0 saturated carbocycles. The van der Waals surface area contributed by atoms with Gasteiger partial charge in [0.25, 0.3) is 5.60 Å². The first-order chi connectivity index (χ1) is 4.46. The SMILES string of the molecule is CC1(C)O[C@@]1(C#N)C(=O)O. The van der Waals surface area contributed by atoms with Crippen molar-refractivity contribution in [1.29, 1.82) is 5.26 Å². The van der Waals surface area contributed by atoms with Gasteiger partial charge >= 0.3 is 5.97 Å². The number of carbonyl (C=O) groups is 1. The molecule has 0 spiro atoms. The molecule has 0 bridgehead atoms. The predicted molar refractivity (Wildman–Crippen MR) is 31.1 cm³/mol. The lowest BCUT2D eigenvalue weighted by atomic mass is 9.98. The van der Waals surface area contributed by atoms with E-state index in [0.29, 0.717) is 0 Å². The van der Waals surface area contributed by atoms with Crippen LogP contribution in [-0.4, -0.2) is 22.3 Å². The van der Waals surface area contributed by atoms with E-state index in [4.69, 9.17) is 15.1 Å². The number of carboxylic acids is 1. The van der Waals surface area contributed by atoms with Gasteiger partial charge in [0.2, 0.25) is 0 Å². The Morgan fingerprint density at radius 3 is 2.10 bits per heavy atom. The van der Waals surface area contributed by atoms with Crippen molar-refractivity contribution in [2.75, 3.05) is 0 Å². The molecule has 1 rings (SSSR count). The standard InChI is InChI=1S/C6H7NO3/c1-5(2)6(3-7,10-5)4(8)9/h1-2H3,(H,8,9)/t6-/m0/s1. The second kappa shape index (κ2) is 1.50. The number of nitriles is 1. The molecular formula is C6H7NO3. The van der Waals surface area contributed by atoms with E-state index >= 15 is 0 Å². The molecule has 1 aliphatic rings. The number of ether oxygens (including phenoxy) is 1. The molecule has 1 aliphatic heterocycles. The van der Waals surface area contributed by atoms with Crippen molar-refractivity contribution in [3.8, 4) is 6.07 Å². The van der Waals surface area contributed by atoms with Gasteiger partial charge < -0.3 is 9.84 Å². The van der Waals surface area contributed by atoms with Crippen molar-refractivity contribution >= 4 is 5.97 Å². The Morgan fingerprint density at radius 2 is 2.10 bits per heavy atom. The van der Waals surface area contributed by atoms with Crippen molar-refractivity contribution in [2.24, 2.45) is 0 Å². The molecule has 0 aromatic carbocycles. The second-order valence-corrected chi connectivity index (χ2v) is 2.71. The van der Waals surface area contributed by atoms with Crippen molar-refractivity contribution in [3.05, 3.63) is 0 Å². The van der Waals surface area contributed by atoms with Crippen LogP contribution in [0.2, 0.25) is 0 Å². The summed E-state index contributed by atoms with van der Waals surface area (Å²) in [5, 5.41) is 16.9. The molecule has 1 N–H and O–H groups in total. The van der Waals surface area contributed by atoms with Crippen LogP contribution in [0, 0.1) is 11.3 Å². The number of hydrogen-bond acceptors (Lipinski definition) is 3. The van der Waals surface area contributed by atoms with Crippen LogP contribution in [0.3, 0.4) is 0 Å². The van der Waals surface area contributed by atoms with Crippen molar-refractivity contribution in [3.63, 3.8) is 0 Å². The number of rotatable bonds is 1. The summed E-state index contributed by atoms with van der Waals surface area (Å²) in [5.74, 6) is -1.21. The minimum Gasteiger partial charge on any atom is -0.478 e. The summed E-state index contributed by atoms with van der Waals surface area (Å²) in [4.78, 5) is 10.4. The average molecular weight is 141 g/mol. The first kappa shape index (κ1) is 7.03. The summed E-state index contributed by atoms with van der Waals surface area (Å²) in [5.41, 5.74) is -2.42. The van der Waals surface area contributed by atoms with E-state index in [1.54, 1.807) is 19.9 Å². The zero-order valence-electron chi connectivity index (χ0n) is 5.71. The minimum atomic E-state index is -1.59. The van der Waals surface area contributed by atoms with Gasteiger partial charge in [-0.25, -0.2) is 4.79 Å². The Labute approximate surface area is 58.0 Å². The van der Waals surface area contributed by atoms with Gasteiger partial charge in [0.15, 0.2) is 0 Å². The fourth-order valence-electron chi connectivity index (χ4n) is 0.864. The maximum absolute atomic E-state index is 10.4. The third-order valence-electron chi connectivity index (χ3n) is 1.67. The van der Waals surface area contributed by atoms with Crippen LogP contribution in [-0.2, 0) is 9.53 Å². The normalized spacial score (nSPS) is 34.5. The zero-order chi connectivity index (χ0) is 7.99. The van der Waals surface area contributed by atoms with Crippen LogP contribution in [0.1, 0.15) is 13.8 Å². The molecule has 0 amide bonds. The van der Waals surface area contributed by atoms with Crippen LogP contribution >= 0.6 is 0 Å². The first-order valence-corrected chi connectivity index (χ1v) is 2.81. The summed E-state index contributed by atoms with van der Waals surface area (Å²) >= 11 is 0. The van der Waals surface area contributed by atoms with Crippen LogP contribution in [0.15, 0.2) is 0 Å². The molecule has 1 heterocycles. The summed E-state index contributed by atoms with van der Waals surface area (Å²) in [7, 11) is 0. The third kappa shape index (κ3) is 0.554. The molecule has 0 aliphatic carbocycles. The first-order valence-electron chi connectivity index (χ1n) is 2.81. The molecule has 1 atom stereocenters. The fourth-order valence-corrected chi connectivity index (χ4v) is 0.864. The van der Waals surface area contributed by atoms with Crippen molar-refractivity contribution in [2.45, 2.75) is 25.0 Å². The van der Waals surface area contributed by atoms with Crippen LogP contribution in [0.25, 0.3) is 0 Å². The Balaban J connectivity index is 2.92. The molecule has 0 radical (unpaired) electrons. The van der Waals surface area contributed by atoms with Crippen LogP contribution in [0.4, 0.5) is 0 Å². The largest absolute Gasteiger partial charge is 0.478 e. The van der Waals surface area contributed by atoms with E-state index in [9.17, 15) is 4.79 Å². The number of epoxide rings is 1. The Kier molecular flexibility index (Phi) is 1.05. The molecule has 0 unspecified atom stereocenters. The molecule has 1 saturated heterocycles. The fraction of sp³-hybridized carbons (Fsp3) is 0.667. The second-order valence-electron chi connectivity index (χ2n) is 2.71. The summed E-state index contributed by atoms with van der Waals surface area (Å²) in [6, 6.07) is 1.62. The van der Waals surface area contributed by atoms with Gasteiger partial charge in [0.05, 0.1) is 0 Å². The lowest BCUT2D eigenvalue weighted by Gasteiger charge is -1.96. The molecule has 54 valence electrons. The maximum atomic E-state index is 10.4. The summed E-state index contributed by atoms with van der Waals surface area (Å²) < 4.78 is 4.74. The Hall–Kier alpha value is -1.08. The van der Waals surface area contributed by atoms with E-state index in [1.807, 2.05) is 0 Å². The summed E-state index contributed by atoms with van der Waals surface area (Å²) in [6.45, 7) is 3.15. The minimum absolute atomic E-state index is 0.826. The van der Waals surface area contributed by atoms with Crippen LogP contribution in [0.5, 0.6) is 0 Å². The monoisotopic (exact) mass is 141 g/mol. The number of nitrogens with zero attached hydrogens (tertiary/aromatic N) is 1. The molecule has 0 aromatic rings. The maximum Gasteiger partial charge on any atom is 0.354 e. The van der Waals surface area contributed by atoms with Crippen molar-refractivity contribution in [1.82, 2.24) is 0 Å². The van der Waals surface area contributed by atoms with Gasteiger partial charge in [-0.1, -0.05) is 0 Å². The van der Waals surface area contributed by atoms with Gasteiger partial charge in [-0.2, -0.15) is 5.26 Å². The highest BCUT2D eigenvalue weighted by molar-refractivity contribution is 5.86. The molecule has 1 fully saturated rings. The van der Waals surface area contributed by atoms with E-state index in [0.717, 1.165) is 0 Å². The quantitative estimate of drug-likeness (QED) is 0.527. The molecule has 10 heavy (non-hydrogen) atoms. The highest BCUT2D eigenvalue weighted by Gasteiger charge is 2.71. The van der Waals surface area contributed by atoms with Gasteiger partial charge in [0.1, 0.15) is 11.7 Å². The van der Waals surface area contributed by atoms with Gasteiger partial charge in [-0.05, 0) is 13.8 Å². The van der Waals surface area contributed by atoms with Gasteiger partial charge in [0, 0.05) is 0 Å². The van der Waals surface area contributed by atoms with Crippen molar-refractivity contribution < 1.29 is 14.6 Å². The smallest absolute Gasteiger partial charge is 0.354 e. The van der Waals surface area contributed by atoms with E-state index < -0.39 is 17.2 Å². The Bertz CT molecular complexity index is 228. The predicted octanol–water partition coefficient (Wildman–Crippen LogP) is 0.142. The average Bonchev–Trinajstić information content (AvgIpc) is 2.35. The third-order valence-corrected chi connectivity index (χ3v) is 1.67. The highest BCUT2D eigenvalue weighted by atomic mass is 16.6. The number of hydrogen-bond donors (Lipinski definition) is 1. The Morgan fingerprint density at radius 1 is 1.70 bits per heavy atom. The summed E-state index contributed by atoms with van der Waals surface area (Å²) in [6.07, 6.45) is 0. The highest BCUT2D eigenvalue weighted by Crippen LogP contribution is 2.46. The molecule has 4 nitrogen and oxygen atoms in total. The van der Waals surface area contributed by atoms with E-state index in [-0.39, 0.29) is 0 Å². The lowest BCUT2D eigenvalue weighted by molar-refractivity contribution is -0.141. The lowest BCUT2D eigenvalue weighted by Crippen LogP contribution is -2.28. The zero-order valence-corrected chi connectivity index (χ0v) is 5.71. The molecule has 0 aromatic heterocycles. The van der Waals surface area contributed by atoms with Gasteiger partial charge in [-0.3, -0.25) is 0 Å². The van der Waals surface area contributed by atoms with Gasteiger partial charge in [-0.15, -0.1) is 0 Å². The topological polar surface area (TPSA) is 73.6 Å². The molecule has 4 heteroatoms. The molecular weight excluding hydrogens is 134 g/mol. The van der Waals surface area contributed by atoms with E-state index in [1.165, 1.54) is 0 Å².